The first-order valence-corrected chi connectivity index (χ1v) is 5.39. The van der Waals surface area contributed by atoms with E-state index in [1.165, 1.54) is 4.88 Å². The summed E-state index contributed by atoms with van der Waals surface area (Å²) >= 11 is 1.73. The molecule has 0 bridgehead atoms. The number of aliphatic hydroxyl groups is 1. The van der Waals surface area contributed by atoms with Crippen LogP contribution < -0.4 is 4.90 Å². The molecule has 2 rings (SSSR count). The fraction of sp³-hybridized carbons (Fsp3) is 0.667. The van der Waals surface area contributed by atoms with Gasteiger partial charge in [0.25, 0.3) is 0 Å². The van der Waals surface area contributed by atoms with Gasteiger partial charge >= 0.3 is 0 Å². The van der Waals surface area contributed by atoms with E-state index in [0.717, 1.165) is 24.6 Å². The molecule has 72 valence electrons. The fourth-order valence-corrected chi connectivity index (χ4v) is 2.44. The van der Waals surface area contributed by atoms with Gasteiger partial charge in [0.2, 0.25) is 0 Å². The summed E-state index contributed by atoms with van der Waals surface area (Å²) in [6.45, 7) is 4.38. The maximum absolute atomic E-state index is 8.99. The first-order chi connectivity index (χ1) is 6.29. The zero-order valence-electron chi connectivity index (χ0n) is 7.73. The SMILES string of the molecule is Cc1cnc(N2CCC(CO)C2)s1. The van der Waals surface area contributed by atoms with Gasteiger partial charge in [-0.25, -0.2) is 4.98 Å². The van der Waals surface area contributed by atoms with Gasteiger partial charge in [-0.3, -0.25) is 0 Å². The molecule has 0 radical (unpaired) electrons. The standard InChI is InChI=1S/C9H14N2OS/c1-7-4-10-9(13-7)11-3-2-8(5-11)6-12/h4,8,12H,2-3,5-6H2,1H3. The van der Waals surface area contributed by atoms with Crippen LogP contribution >= 0.6 is 11.3 Å². The fourth-order valence-electron chi connectivity index (χ4n) is 1.64. The highest BCUT2D eigenvalue weighted by molar-refractivity contribution is 7.15. The van der Waals surface area contributed by atoms with Crippen LogP contribution in [0.5, 0.6) is 0 Å². The van der Waals surface area contributed by atoms with Crippen LogP contribution in [0.4, 0.5) is 5.13 Å². The van der Waals surface area contributed by atoms with Crippen molar-refractivity contribution in [2.24, 2.45) is 5.92 Å². The van der Waals surface area contributed by atoms with E-state index in [1.54, 1.807) is 11.3 Å². The van der Waals surface area contributed by atoms with Crippen molar-refractivity contribution < 1.29 is 5.11 Å². The number of aryl methyl sites for hydroxylation is 1. The molecule has 13 heavy (non-hydrogen) atoms. The molecule has 0 aromatic carbocycles. The van der Waals surface area contributed by atoms with Crippen LogP contribution in [-0.4, -0.2) is 29.8 Å². The van der Waals surface area contributed by atoms with Crippen molar-refractivity contribution in [2.75, 3.05) is 24.6 Å². The zero-order chi connectivity index (χ0) is 9.26. The molecule has 4 heteroatoms. The monoisotopic (exact) mass is 198 g/mol. The summed E-state index contributed by atoms with van der Waals surface area (Å²) in [5, 5.41) is 10.1. The quantitative estimate of drug-likeness (QED) is 0.777. The number of thiazole rings is 1. The summed E-state index contributed by atoms with van der Waals surface area (Å²) in [4.78, 5) is 7.84. The number of hydrogen-bond acceptors (Lipinski definition) is 4. The number of hydrogen-bond donors (Lipinski definition) is 1. The van der Waals surface area contributed by atoms with Crippen molar-refractivity contribution in [3.63, 3.8) is 0 Å². The minimum atomic E-state index is 0.306. The van der Waals surface area contributed by atoms with E-state index in [1.807, 2.05) is 6.20 Å². The van der Waals surface area contributed by atoms with Gasteiger partial charge in [-0.15, -0.1) is 11.3 Å². The Balaban J connectivity index is 2.03. The average Bonchev–Trinajstić information content (AvgIpc) is 2.71. The van der Waals surface area contributed by atoms with Crippen molar-refractivity contribution in [1.29, 1.82) is 0 Å². The lowest BCUT2D eigenvalue weighted by molar-refractivity contribution is 0.238. The van der Waals surface area contributed by atoms with Crippen LogP contribution in [0.15, 0.2) is 6.20 Å². The van der Waals surface area contributed by atoms with Gasteiger partial charge < -0.3 is 10.0 Å². The van der Waals surface area contributed by atoms with Crippen molar-refractivity contribution in [3.8, 4) is 0 Å². The van der Waals surface area contributed by atoms with Crippen LogP contribution in [0.2, 0.25) is 0 Å². The summed E-state index contributed by atoms with van der Waals surface area (Å²) in [6, 6.07) is 0. The van der Waals surface area contributed by atoms with Crippen molar-refractivity contribution in [3.05, 3.63) is 11.1 Å². The molecule has 1 N–H and O–H groups in total. The third-order valence-corrected chi connectivity index (χ3v) is 3.40. The second kappa shape index (κ2) is 3.64. The van der Waals surface area contributed by atoms with Crippen molar-refractivity contribution in [2.45, 2.75) is 13.3 Å². The van der Waals surface area contributed by atoms with E-state index in [2.05, 4.69) is 16.8 Å². The smallest absolute Gasteiger partial charge is 0.185 e. The van der Waals surface area contributed by atoms with Crippen LogP contribution in [0, 0.1) is 12.8 Å². The predicted molar refractivity (Wildman–Crippen MR) is 54.3 cm³/mol. The molecule has 1 aromatic heterocycles. The summed E-state index contributed by atoms with van der Waals surface area (Å²) in [5.74, 6) is 0.448. The molecule has 1 fully saturated rings. The second-order valence-electron chi connectivity index (χ2n) is 3.54. The Hall–Kier alpha value is -0.610. The topological polar surface area (TPSA) is 36.4 Å². The highest BCUT2D eigenvalue weighted by Crippen LogP contribution is 2.27. The van der Waals surface area contributed by atoms with Gasteiger partial charge in [0.05, 0.1) is 0 Å². The normalized spacial score (nSPS) is 22.6. The van der Waals surface area contributed by atoms with E-state index >= 15 is 0 Å². The summed E-state index contributed by atoms with van der Waals surface area (Å²) in [6.07, 6.45) is 3.00. The summed E-state index contributed by atoms with van der Waals surface area (Å²) < 4.78 is 0. The minimum absolute atomic E-state index is 0.306. The van der Waals surface area contributed by atoms with Crippen LogP contribution in [0.3, 0.4) is 0 Å². The molecule has 1 aromatic rings. The molecule has 2 heterocycles. The molecule has 0 spiro atoms. The molecule has 1 saturated heterocycles. The Morgan fingerprint density at radius 2 is 2.62 bits per heavy atom. The zero-order valence-corrected chi connectivity index (χ0v) is 8.55. The second-order valence-corrected chi connectivity index (χ2v) is 4.75. The lowest BCUT2D eigenvalue weighted by Gasteiger charge is -2.13. The predicted octanol–water partition coefficient (Wildman–Crippen LogP) is 1.27. The van der Waals surface area contributed by atoms with Gasteiger partial charge in [0, 0.05) is 36.7 Å². The van der Waals surface area contributed by atoms with Gasteiger partial charge in [0.15, 0.2) is 5.13 Å². The Labute approximate surface area is 82.0 Å². The number of anilines is 1. The Morgan fingerprint density at radius 1 is 1.77 bits per heavy atom. The lowest BCUT2D eigenvalue weighted by atomic mass is 10.1. The van der Waals surface area contributed by atoms with E-state index in [9.17, 15) is 0 Å². The molecule has 3 nitrogen and oxygen atoms in total. The number of rotatable bonds is 2. The molecule has 1 aliphatic rings. The van der Waals surface area contributed by atoms with Crippen molar-refractivity contribution >= 4 is 16.5 Å². The molecule has 1 unspecified atom stereocenters. The van der Waals surface area contributed by atoms with E-state index in [-0.39, 0.29) is 0 Å². The summed E-state index contributed by atoms with van der Waals surface area (Å²) in [7, 11) is 0. The molecule has 0 aliphatic carbocycles. The number of aromatic nitrogens is 1. The molecule has 1 aliphatic heterocycles. The number of nitrogens with zero attached hydrogens (tertiary/aromatic N) is 2. The molecule has 0 amide bonds. The van der Waals surface area contributed by atoms with Gasteiger partial charge in [0.1, 0.15) is 0 Å². The first-order valence-electron chi connectivity index (χ1n) is 4.58. The molecular formula is C9H14N2OS. The highest BCUT2D eigenvalue weighted by atomic mass is 32.1. The third kappa shape index (κ3) is 1.84. The van der Waals surface area contributed by atoms with Crippen molar-refractivity contribution in [1.82, 2.24) is 4.98 Å². The maximum atomic E-state index is 8.99. The molecule has 1 atom stereocenters. The van der Waals surface area contributed by atoms with Crippen LogP contribution in [0.1, 0.15) is 11.3 Å². The average molecular weight is 198 g/mol. The van der Waals surface area contributed by atoms with E-state index in [0.29, 0.717) is 12.5 Å². The minimum Gasteiger partial charge on any atom is -0.396 e. The van der Waals surface area contributed by atoms with Gasteiger partial charge in [-0.05, 0) is 13.3 Å². The van der Waals surface area contributed by atoms with Gasteiger partial charge in [-0.2, -0.15) is 0 Å². The highest BCUT2D eigenvalue weighted by Gasteiger charge is 2.23. The number of aliphatic hydroxyl groups excluding tert-OH is 1. The third-order valence-electron chi connectivity index (χ3n) is 2.42. The largest absolute Gasteiger partial charge is 0.396 e. The van der Waals surface area contributed by atoms with Crippen LogP contribution in [0.25, 0.3) is 0 Å². The molecule has 0 saturated carbocycles. The van der Waals surface area contributed by atoms with Crippen LogP contribution in [-0.2, 0) is 0 Å². The summed E-state index contributed by atoms with van der Waals surface area (Å²) in [5.41, 5.74) is 0. The lowest BCUT2D eigenvalue weighted by Crippen LogP contribution is -2.20. The Kier molecular flexibility index (Phi) is 2.51. The maximum Gasteiger partial charge on any atom is 0.185 e. The Morgan fingerprint density at radius 3 is 3.15 bits per heavy atom. The van der Waals surface area contributed by atoms with E-state index in [4.69, 9.17) is 5.11 Å². The Bertz CT molecular complexity index is 287. The van der Waals surface area contributed by atoms with E-state index < -0.39 is 0 Å². The van der Waals surface area contributed by atoms with Gasteiger partial charge in [-0.1, -0.05) is 0 Å². The first kappa shape index (κ1) is 8.97. The molecular weight excluding hydrogens is 184 g/mol.